The first-order valence-corrected chi connectivity index (χ1v) is 7.03. The average molecular weight is 281 g/mol. The van der Waals surface area contributed by atoms with Gasteiger partial charge in [0.25, 0.3) is 0 Å². The van der Waals surface area contributed by atoms with Crippen molar-refractivity contribution in [2.75, 3.05) is 18.4 Å². The van der Waals surface area contributed by atoms with Crippen LogP contribution in [0.1, 0.15) is 0 Å². The molecule has 2 aromatic heterocycles. The lowest BCUT2D eigenvalue weighted by atomic mass is 10.2. The molecule has 3 rings (SSSR count). The Morgan fingerprint density at radius 1 is 1.32 bits per heavy atom. The molecular weight excluding hydrogens is 270 g/mol. The normalized spacial score (nSPS) is 17.1. The molecule has 1 saturated heterocycles. The van der Waals surface area contributed by atoms with Crippen LogP contribution in [-0.2, 0) is 10.0 Å². The van der Waals surface area contributed by atoms with Gasteiger partial charge >= 0.3 is 0 Å². The van der Waals surface area contributed by atoms with Crippen molar-refractivity contribution in [2.24, 2.45) is 0 Å². The molecule has 0 aliphatic carbocycles. The van der Waals surface area contributed by atoms with Gasteiger partial charge in [-0.2, -0.15) is 4.31 Å². The van der Waals surface area contributed by atoms with Crippen LogP contribution < -0.4 is 5.32 Å². The number of aromatic nitrogens is 3. The predicted octanol–water partition coefficient (Wildman–Crippen LogP) is -0.0504. The Hall–Kier alpha value is -2.00. The standard InChI is InChI=1S/C10H11N5O3S/c16-19(17,9-4-13-18-7-9)15-5-8(6-15)14-10-11-2-1-3-12-10/h1-4,7-8H,5-6H2,(H,11,12,14). The van der Waals surface area contributed by atoms with Crippen LogP contribution in [0.15, 0.2) is 40.3 Å². The second-order valence-electron chi connectivity index (χ2n) is 4.10. The zero-order valence-electron chi connectivity index (χ0n) is 9.80. The van der Waals surface area contributed by atoms with Gasteiger partial charge in [-0.15, -0.1) is 0 Å². The lowest BCUT2D eigenvalue weighted by Gasteiger charge is -2.37. The molecule has 8 nitrogen and oxygen atoms in total. The minimum atomic E-state index is -3.49. The maximum Gasteiger partial charge on any atom is 0.248 e. The number of nitrogens with one attached hydrogen (secondary N) is 1. The monoisotopic (exact) mass is 281 g/mol. The van der Waals surface area contributed by atoms with Crippen LogP contribution in [0.3, 0.4) is 0 Å². The molecule has 0 amide bonds. The quantitative estimate of drug-likeness (QED) is 0.838. The first-order chi connectivity index (χ1) is 9.16. The molecule has 1 aliphatic heterocycles. The topological polar surface area (TPSA) is 101 Å². The van der Waals surface area contributed by atoms with Gasteiger partial charge in [-0.25, -0.2) is 18.4 Å². The van der Waals surface area contributed by atoms with E-state index >= 15 is 0 Å². The lowest BCUT2D eigenvalue weighted by Crippen LogP contribution is -2.56. The lowest BCUT2D eigenvalue weighted by molar-refractivity contribution is 0.279. The number of nitrogens with zero attached hydrogens (tertiary/aromatic N) is 4. The van der Waals surface area contributed by atoms with Crippen molar-refractivity contribution in [3.05, 3.63) is 30.9 Å². The molecule has 2 aromatic rings. The fourth-order valence-electron chi connectivity index (χ4n) is 1.75. The smallest absolute Gasteiger partial charge is 0.248 e. The Morgan fingerprint density at radius 3 is 2.68 bits per heavy atom. The number of hydrogen-bond acceptors (Lipinski definition) is 7. The first kappa shape index (κ1) is 12.1. The molecular formula is C10H11N5O3S. The summed E-state index contributed by atoms with van der Waals surface area (Å²) in [6, 6.07) is 1.73. The Labute approximate surface area is 109 Å². The van der Waals surface area contributed by atoms with E-state index in [2.05, 4.69) is 25.0 Å². The molecule has 19 heavy (non-hydrogen) atoms. The van der Waals surface area contributed by atoms with Gasteiger partial charge < -0.3 is 9.84 Å². The van der Waals surface area contributed by atoms with Gasteiger partial charge in [-0.3, -0.25) is 0 Å². The Balaban J connectivity index is 1.62. The van der Waals surface area contributed by atoms with Gasteiger partial charge in [-0.1, -0.05) is 5.16 Å². The van der Waals surface area contributed by atoms with Gasteiger partial charge in [0.1, 0.15) is 11.2 Å². The van der Waals surface area contributed by atoms with Crippen LogP contribution in [0, 0.1) is 0 Å². The Kier molecular flexibility index (Phi) is 2.91. The third kappa shape index (κ3) is 2.29. The van der Waals surface area contributed by atoms with Crippen molar-refractivity contribution in [3.63, 3.8) is 0 Å². The second-order valence-corrected chi connectivity index (χ2v) is 6.03. The van der Waals surface area contributed by atoms with E-state index in [1.54, 1.807) is 18.5 Å². The van der Waals surface area contributed by atoms with Crippen molar-refractivity contribution < 1.29 is 12.9 Å². The number of sulfonamides is 1. The molecule has 1 aliphatic rings. The summed E-state index contributed by atoms with van der Waals surface area (Å²) in [6.07, 6.45) is 5.56. The molecule has 0 aromatic carbocycles. The summed E-state index contributed by atoms with van der Waals surface area (Å²) in [5.41, 5.74) is 0. The summed E-state index contributed by atoms with van der Waals surface area (Å²) >= 11 is 0. The second kappa shape index (κ2) is 4.59. The van der Waals surface area contributed by atoms with Gasteiger partial charge in [0.05, 0.1) is 12.2 Å². The minimum Gasteiger partial charge on any atom is -0.363 e. The van der Waals surface area contributed by atoms with Crippen molar-refractivity contribution in [2.45, 2.75) is 10.9 Å². The van der Waals surface area contributed by atoms with Gasteiger partial charge in [0.15, 0.2) is 0 Å². The Bertz CT molecular complexity index is 637. The van der Waals surface area contributed by atoms with E-state index in [4.69, 9.17) is 0 Å². The van der Waals surface area contributed by atoms with Crippen molar-refractivity contribution in [1.29, 1.82) is 0 Å². The van der Waals surface area contributed by atoms with Crippen LogP contribution in [0.5, 0.6) is 0 Å². The molecule has 100 valence electrons. The molecule has 1 N–H and O–H groups in total. The first-order valence-electron chi connectivity index (χ1n) is 5.59. The van der Waals surface area contributed by atoms with Crippen LogP contribution in [0.2, 0.25) is 0 Å². The molecule has 0 atom stereocenters. The maximum absolute atomic E-state index is 12.0. The highest BCUT2D eigenvalue weighted by molar-refractivity contribution is 7.89. The summed E-state index contributed by atoms with van der Waals surface area (Å²) in [5, 5.41) is 6.46. The summed E-state index contributed by atoms with van der Waals surface area (Å²) < 4.78 is 30.0. The number of anilines is 1. The van der Waals surface area contributed by atoms with Gasteiger partial charge in [0.2, 0.25) is 16.0 Å². The van der Waals surface area contributed by atoms with Crippen LogP contribution in [-0.4, -0.2) is 47.0 Å². The molecule has 9 heteroatoms. The fraction of sp³-hybridized carbons (Fsp3) is 0.300. The molecule has 1 fully saturated rings. The summed E-state index contributed by atoms with van der Waals surface area (Å²) in [6.45, 7) is 0.734. The molecule has 0 radical (unpaired) electrons. The van der Waals surface area contributed by atoms with Gasteiger partial charge in [0, 0.05) is 25.5 Å². The predicted molar refractivity (Wildman–Crippen MR) is 64.7 cm³/mol. The number of rotatable bonds is 4. The summed E-state index contributed by atoms with van der Waals surface area (Å²) in [5.74, 6) is 0.495. The Morgan fingerprint density at radius 2 is 2.05 bits per heavy atom. The van der Waals surface area contributed by atoms with E-state index in [9.17, 15) is 8.42 Å². The molecule has 0 saturated carbocycles. The molecule has 0 spiro atoms. The van der Waals surface area contributed by atoms with E-state index in [1.807, 2.05) is 0 Å². The summed E-state index contributed by atoms with van der Waals surface area (Å²) in [7, 11) is -3.49. The van der Waals surface area contributed by atoms with Crippen molar-refractivity contribution in [1.82, 2.24) is 19.4 Å². The largest absolute Gasteiger partial charge is 0.363 e. The van der Waals surface area contributed by atoms with Gasteiger partial charge in [-0.05, 0) is 6.07 Å². The van der Waals surface area contributed by atoms with Crippen LogP contribution in [0.4, 0.5) is 5.95 Å². The van der Waals surface area contributed by atoms with Crippen LogP contribution >= 0.6 is 0 Å². The minimum absolute atomic E-state index is 0.0111. The zero-order valence-corrected chi connectivity index (χ0v) is 10.6. The third-order valence-corrected chi connectivity index (χ3v) is 4.57. The van der Waals surface area contributed by atoms with E-state index in [0.29, 0.717) is 19.0 Å². The van der Waals surface area contributed by atoms with Crippen LogP contribution in [0.25, 0.3) is 0 Å². The highest BCUT2D eigenvalue weighted by atomic mass is 32.2. The van der Waals surface area contributed by atoms with Crippen molar-refractivity contribution >= 4 is 16.0 Å². The van der Waals surface area contributed by atoms with Crippen molar-refractivity contribution in [3.8, 4) is 0 Å². The molecule has 0 unspecified atom stereocenters. The third-order valence-electron chi connectivity index (χ3n) is 2.79. The summed E-state index contributed by atoms with van der Waals surface area (Å²) in [4.78, 5) is 8.12. The van der Waals surface area contributed by atoms with E-state index in [-0.39, 0.29) is 10.9 Å². The van der Waals surface area contributed by atoms with E-state index < -0.39 is 10.0 Å². The highest BCUT2D eigenvalue weighted by Crippen LogP contribution is 2.22. The SMILES string of the molecule is O=S(=O)(c1cnoc1)N1CC(Nc2ncccn2)C1. The average Bonchev–Trinajstić information content (AvgIpc) is 2.89. The van der Waals surface area contributed by atoms with E-state index in [1.165, 1.54) is 10.5 Å². The van der Waals surface area contributed by atoms with E-state index in [0.717, 1.165) is 6.26 Å². The molecule has 0 bridgehead atoms. The highest BCUT2D eigenvalue weighted by Gasteiger charge is 2.37. The zero-order chi connectivity index (χ0) is 13.3. The molecule has 3 heterocycles. The maximum atomic E-state index is 12.0. The number of hydrogen-bond donors (Lipinski definition) is 1. The fourth-order valence-corrected chi connectivity index (χ4v) is 3.14.